The molecule has 0 spiro atoms. The summed E-state index contributed by atoms with van der Waals surface area (Å²) in [7, 11) is 0. The normalized spacial score (nSPS) is 14.3. The molecule has 3 heterocycles. The first-order valence-electron chi connectivity index (χ1n) is 12.3. The summed E-state index contributed by atoms with van der Waals surface area (Å²) in [5.74, 6) is -0.0651. The van der Waals surface area contributed by atoms with E-state index in [-0.39, 0.29) is 17.6 Å². The number of nitrogens with two attached hydrogens (primary N) is 2. The van der Waals surface area contributed by atoms with Crippen molar-refractivity contribution in [3.63, 3.8) is 0 Å². The molecule has 0 atom stereocenters. The summed E-state index contributed by atoms with van der Waals surface area (Å²) in [6, 6.07) is 15.8. The van der Waals surface area contributed by atoms with Gasteiger partial charge in [0.1, 0.15) is 17.1 Å². The van der Waals surface area contributed by atoms with E-state index in [0.717, 1.165) is 60.0 Å². The number of piperidine rings is 1. The van der Waals surface area contributed by atoms with Gasteiger partial charge in [0.2, 0.25) is 5.91 Å². The van der Waals surface area contributed by atoms with Crippen molar-refractivity contribution in [2.75, 3.05) is 13.1 Å². The van der Waals surface area contributed by atoms with Gasteiger partial charge < -0.3 is 16.6 Å². The lowest BCUT2D eigenvalue weighted by atomic mass is 9.96. The molecule has 7 nitrogen and oxygen atoms in total. The first-order valence-corrected chi connectivity index (χ1v) is 13.4. The van der Waals surface area contributed by atoms with Crippen LogP contribution >= 0.6 is 22.9 Å². The van der Waals surface area contributed by atoms with Crippen LogP contribution in [0.1, 0.15) is 35.8 Å². The summed E-state index contributed by atoms with van der Waals surface area (Å²) in [6.07, 6.45) is 4.40. The number of halogens is 1. The van der Waals surface area contributed by atoms with Gasteiger partial charge in [-0.3, -0.25) is 14.3 Å². The number of amides is 1. The molecule has 1 saturated heterocycles. The van der Waals surface area contributed by atoms with E-state index in [0.29, 0.717) is 10.6 Å². The molecule has 4 aromatic rings. The van der Waals surface area contributed by atoms with E-state index in [1.807, 2.05) is 34.9 Å². The Hall–Kier alpha value is -3.33. The quantitative estimate of drug-likeness (QED) is 0.308. The number of aromatic nitrogens is 2. The van der Waals surface area contributed by atoms with Crippen molar-refractivity contribution in [3.05, 3.63) is 82.5 Å². The van der Waals surface area contributed by atoms with E-state index < -0.39 is 0 Å². The summed E-state index contributed by atoms with van der Waals surface area (Å²) in [5.41, 5.74) is 15.8. The third-order valence-corrected chi connectivity index (χ3v) is 8.14. The van der Waals surface area contributed by atoms with Gasteiger partial charge in [-0.15, -0.1) is 11.3 Å². The summed E-state index contributed by atoms with van der Waals surface area (Å²) < 4.78 is 1.95. The Kier molecular flexibility index (Phi) is 8.53. The minimum atomic E-state index is -0.191. The van der Waals surface area contributed by atoms with E-state index in [2.05, 4.69) is 35.5 Å². The van der Waals surface area contributed by atoms with Crippen LogP contribution < -0.4 is 11.5 Å². The van der Waals surface area contributed by atoms with Crippen LogP contribution in [0, 0.1) is 5.92 Å². The van der Waals surface area contributed by atoms with Gasteiger partial charge in [-0.1, -0.05) is 49.4 Å². The monoisotopic (exact) mass is 537 g/mol. The molecule has 0 radical (unpaired) electrons. The van der Waals surface area contributed by atoms with E-state index >= 15 is 0 Å². The predicted molar refractivity (Wildman–Crippen MR) is 152 cm³/mol. The Morgan fingerprint density at radius 3 is 2.51 bits per heavy atom. The number of nitrogens with zero attached hydrogens (tertiary/aromatic N) is 3. The zero-order chi connectivity index (χ0) is 26.5. The fourth-order valence-electron chi connectivity index (χ4n) is 4.46. The Labute approximate surface area is 226 Å². The van der Waals surface area contributed by atoms with Crippen LogP contribution in [0.5, 0.6) is 5.75 Å². The smallest absolute Gasteiger partial charge is 0.220 e. The number of likely N-dealkylation sites (tertiary alicyclic amines) is 1. The molecule has 194 valence electrons. The van der Waals surface area contributed by atoms with E-state index in [1.165, 1.54) is 22.5 Å². The molecule has 2 aromatic carbocycles. The number of carbonyl (C=O) groups is 1. The van der Waals surface area contributed by atoms with Crippen molar-refractivity contribution in [1.29, 1.82) is 0 Å². The van der Waals surface area contributed by atoms with Crippen LogP contribution in [0.3, 0.4) is 0 Å². The van der Waals surface area contributed by atoms with Gasteiger partial charge in [0.15, 0.2) is 0 Å². The standard InChI is InChI=1S/C20H23N5O2S.C8H9Cl/c1-12(21)19-17(26)9-18(28-19)25-11-23-15-3-2-13(8-16(15)25)10-24-6-4-14(5-7-24)20(22)27;1-2-7-5-3-4-6-8(7)9/h2-3,8-9,11,14,26H,1,4-7,10,21H2,(H2,22,27);3-6H,2H2,1H3. The number of imidazole rings is 1. The molecule has 5 N–H and O–H groups in total. The Morgan fingerprint density at radius 2 is 1.92 bits per heavy atom. The third-order valence-electron chi connectivity index (χ3n) is 6.58. The number of hydrogen-bond acceptors (Lipinski definition) is 6. The highest BCUT2D eigenvalue weighted by atomic mass is 35.5. The predicted octanol–water partition coefficient (Wildman–Crippen LogP) is 5.32. The topological polar surface area (TPSA) is 110 Å². The van der Waals surface area contributed by atoms with Gasteiger partial charge in [-0.25, -0.2) is 4.98 Å². The van der Waals surface area contributed by atoms with E-state index in [1.54, 1.807) is 12.4 Å². The fraction of sp³-hybridized carbons (Fsp3) is 0.286. The molecule has 1 fully saturated rings. The van der Waals surface area contributed by atoms with Crippen LogP contribution in [-0.2, 0) is 17.8 Å². The van der Waals surface area contributed by atoms with Crippen LogP contribution in [-0.4, -0.2) is 38.6 Å². The molecule has 9 heteroatoms. The van der Waals surface area contributed by atoms with Crippen molar-refractivity contribution in [2.45, 2.75) is 32.7 Å². The van der Waals surface area contributed by atoms with Gasteiger partial charge in [0.05, 0.1) is 15.9 Å². The van der Waals surface area contributed by atoms with Crippen molar-refractivity contribution >= 4 is 45.6 Å². The molecule has 0 aliphatic carbocycles. The maximum Gasteiger partial charge on any atom is 0.220 e. The number of rotatable bonds is 6. The van der Waals surface area contributed by atoms with Gasteiger partial charge >= 0.3 is 0 Å². The highest BCUT2D eigenvalue weighted by Crippen LogP contribution is 2.35. The second-order valence-electron chi connectivity index (χ2n) is 9.16. The van der Waals surface area contributed by atoms with Gasteiger partial charge in [-0.2, -0.15) is 0 Å². The minimum Gasteiger partial charge on any atom is -0.506 e. The lowest BCUT2D eigenvalue weighted by molar-refractivity contribution is -0.123. The van der Waals surface area contributed by atoms with E-state index in [4.69, 9.17) is 23.1 Å². The molecule has 0 bridgehead atoms. The first-order chi connectivity index (χ1) is 17.8. The zero-order valence-electron chi connectivity index (χ0n) is 20.9. The second-order valence-corrected chi connectivity index (χ2v) is 10.6. The van der Waals surface area contributed by atoms with Gasteiger partial charge in [-0.05, 0) is 61.7 Å². The summed E-state index contributed by atoms with van der Waals surface area (Å²) in [4.78, 5) is 18.7. The molecule has 0 unspecified atom stereocenters. The maximum absolute atomic E-state index is 11.3. The molecule has 37 heavy (non-hydrogen) atoms. The average molecular weight is 538 g/mol. The molecule has 1 aliphatic heterocycles. The van der Waals surface area contributed by atoms with Crippen LogP contribution in [0.25, 0.3) is 21.7 Å². The molecule has 1 aliphatic rings. The molecular weight excluding hydrogens is 506 g/mol. The fourth-order valence-corrected chi connectivity index (χ4v) is 5.65. The molecule has 5 rings (SSSR count). The second kappa shape index (κ2) is 11.8. The van der Waals surface area contributed by atoms with Crippen LogP contribution in [0.15, 0.2) is 61.4 Å². The van der Waals surface area contributed by atoms with Gasteiger partial charge in [0.25, 0.3) is 0 Å². The summed E-state index contributed by atoms with van der Waals surface area (Å²) in [5, 5.41) is 11.8. The minimum absolute atomic E-state index is 0.00170. The Balaban J connectivity index is 0.000000301. The van der Waals surface area contributed by atoms with Crippen LogP contribution in [0.2, 0.25) is 5.02 Å². The highest BCUT2D eigenvalue weighted by molar-refractivity contribution is 7.16. The number of benzene rings is 2. The number of carbonyl (C=O) groups excluding carboxylic acids is 1. The van der Waals surface area contributed by atoms with E-state index in [9.17, 15) is 9.90 Å². The highest BCUT2D eigenvalue weighted by Gasteiger charge is 2.23. The number of aromatic hydroxyl groups is 1. The lowest BCUT2D eigenvalue weighted by Crippen LogP contribution is -2.38. The molecular formula is C28H32ClN5O2S. The molecule has 1 amide bonds. The third kappa shape index (κ3) is 6.33. The largest absolute Gasteiger partial charge is 0.506 e. The maximum atomic E-state index is 11.3. The number of hydrogen-bond donors (Lipinski definition) is 3. The van der Waals surface area contributed by atoms with Crippen molar-refractivity contribution in [2.24, 2.45) is 17.4 Å². The first kappa shape index (κ1) is 26.7. The summed E-state index contributed by atoms with van der Waals surface area (Å²) >= 11 is 7.20. The Morgan fingerprint density at radius 1 is 1.19 bits per heavy atom. The van der Waals surface area contributed by atoms with Crippen molar-refractivity contribution < 1.29 is 9.90 Å². The summed E-state index contributed by atoms with van der Waals surface area (Å²) in [6.45, 7) is 8.35. The molecule has 2 aromatic heterocycles. The van der Waals surface area contributed by atoms with Gasteiger partial charge in [0, 0.05) is 29.2 Å². The van der Waals surface area contributed by atoms with Crippen molar-refractivity contribution in [3.8, 4) is 10.8 Å². The Bertz CT molecular complexity index is 1400. The SMILES string of the molecule is C=C(N)c1sc(-n2cnc3ccc(CN4CCC(C(N)=O)CC4)cc32)cc1O.CCc1ccccc1Cl. The van der Waals surface area contributed by atoms with Crippen LogP contribution in [0.4, 0.5) is 0 Å². The average Bonchev–Trinajstić information content (AvgIpc) is 3.48. The number of primary amides is 1. The zero-order valence-corrected chi connectivity index (χ0v) is 22.4. The molecule has 0 saturated carbocycles. The lowest BCUT2D eigenvalue weighted by Gasteiger charge is -2.30. The van der Waals surface area contributed by atoms with Crippen molar-refractivity contribution in [1.82, 2.24) is 14.5 Å². The number of fused-ring (bicyclic) bond motifs is 1. The number of aryl methyl sites for hydroxylation is 1. The number of thiophene rings is 1.